The highest BCUT2D eigenvalue weighted by molar-refractivity contribution is 6.29. The summed E-state index contributed by atoms with van der Waals surface area (Å²) in [6, 6.07) is 0. The van der Waals surface area contributed by atoms with Crippen molar-refractivity contribution in [2.24, 2.45) is 0 Å². The van der Waals surface area contributed by atoms with Gasteiger partial charge in [-0.3, -0.25) is 4.57 Å². The highest BCUT2D eigenvalue weighted by Gasteiger charge is 2.24. The molecule has 5 heterocycles. The molecule has 2 aliphatic heterocycles. The number of anilines is 1. The molecule has 2 aliphatic rings. The SMILES string of the molecule is Clc1nc2c(-c3cnc(N4CCOCC4)nc3)ncnc2n1C1CCCCO1. The van der Waals surface area contributed by atoms with Crippen LogP contribution < -0.4 is 4.90 Å². The van der Waals surface area contributed by atoms with Gasteiger partial charge in [0.1, 0.15) is 23.8 Å². The van der Waals surface area contributed by atoms with Gasteiger partial charge in [-0.1, -0.05) is 0 Å². The first-order valence-electron chi connectivity index (χ1n) is 9.46. The Morgan fingerprint density at radius 3 is 2.57 bits per heavy atom. The van der Waals surface area contributed by atoms with Crippen molar-refractivity contribution in [2.45, 2.75) is 25.5 Å². The van der Waals surface area contributed by atoms with Crippen LogP contribution in [0.25, 0.3) is 22.4 Å². The molecule has 1 atom stereocenters. The molecule has 0 saturated carbocycles. The Morgan fingerprint density at radius 2 is 1.82 bits per heavy atom. The molecule has 3 aromatic heterocycles. The van der Waals surface area contributed by atoms with Gasteiger partial charge < -0.3 is 14.4 Å². The van der Waals surface area contributed by atoms with Crippen LogP contribution in [0.4, 0.5) is 5.95 Å². The monoisotopic (exact) mass is 401 g/mol. The third-order valence-corrected chi connectivity index (χ3v) is 5.35. The van der Waals surface area contributed by atoms with Crippen molar-refractivity contribution < 1.29 is 9.47 Å². The van der Waals surface area contributed by atoms with E-state index in [4.69, 9.17) is 21.1 Å². The minimum atomic E-state index is -0.144. The third kappa shape index (κ3) is 3.19. The average molecular weight is 402 g/mol. The molecule has 5 rings (SSSR count). The van der Waals surface area contributed by atoms with E-state index >= 15 is 0 Å². The Kier molecular flexibility index (Phi) is 4.79. The van der Waals surface area contributed by atoms with E-state index in [1.54, 1.807) is 12.4 Å². The van der Waals surface area contributed by atoms with Gasteiger partial charge in [-0.15, -0.1) is 0 Å². The van der Waals surface area contributed by atoms with Gasteiger partial charge in [0.15, 0.2) is 5.65 Å². The van der Waals surface area contributed by atoms with Crippen LogP contribution in [0.5, 0.6) is 0 Å². The zero-order valence-electron chi connectivity index (χ0n) is 15.3. The number of imidazole rings is 1. The molecule has 1 unspecified atom stereocenters. The molecule has 0 spiro atoms. The van der Waals surface area contributed by atoms with E-state index in [-0.39, 0.29) is 6.23 Å². The number of ether oxygens (including phenoxy) is 2. The Morgan fingerprint density at radius 1 is 1.00 bits per heavy atom. The lowest BCUT2D eigenvalue weighted by Gasteiger charge is -2.26. The molecule has 0 radical (unpaired) electrons. The number of nitrogens with zero attached hydrogens (tertiary/aromatic N) is 7. The number of morpholine rings is 1. The summed E-state index contributed by atoms with van der Waals surface area (Å²) < 4.78 is 13.1. The van der Waals surface area contributed by atoms with Gasteiger partial charge in [0.05, 0.1) is 13.2 Å². The topological polar surface area (TPSA) is 91.1 Å². The average Bonchev–Trinajstić information content (AvgIpc) is 3.11. The number of hydrogen-bond acceptors (Lipinski definition) is 8. The third-order valence-electron chi connectivity index (χ3n) is 5.08. The second kappa shape index (κ2) is 7.57. The first kappa shape index (κ1) is 17.7. The molecular formula is C18H20ClN7O2. The standard InChI is InChI=1S/C18H20ClN7O2/c19-17-24-15-14(12-9-20-18(21-10-12)25-4-7-27-8-5-25)22-11-23-16(15)26(17)13-3-1-2-6-28-13/h9-11,13H,1-8H2. The van der Waals surface area contributed by atoms with Gasteiger partial charge in [-0.25, -0.2) is 24.9 Å². The number of aromatic nitrogens is 6. The van der Waals surface area contributed by atoms with Gasteiger partial charge >= 0.3 is 0 Å². The minimum absolute atomic E-state index is 0.144. The maximum atomic E-state index is 6.44. The first-order chi connectivity index (χ1) is 13.8. The largest absolute Gasteiger partial charge is 0.378 e. The summed E-state index contributed by atoms with van der Waals surface area (Å²) in [5.74, 6) is 0.691. The Hall–Kier alpha value is -2.36. The van der Waals surface area contributed by atoms with E-state index in [0.29, 0.717) is 41.3 Å². The molecule has 146 valence electrons. The minimum Gasteiger partial charge on any atom is -0.378 e. The van der Waals surface area contributed by atoms with Crippen molar-refractivity contribution in [1.29, 1.82) is 0 Å². The molecular weight excluding hydrogens is 382 g/mol. The molecule has 0 bridgehead atoms. The van der Waals surface area contributed by atoms with E-state index in [1.165, 1.54) is 6.33 Å². The van der Waals surface area contributed by atoms with Crippen molar-refractivity contribution >= 4 is 28.7 Å². The second-order valence-electron chi connectivity index (χ2n) is 6.84. The predicted molar refractivity (Wildman–Crippen MR) is 103 cm³/mol. The van der Waals surface area contributed by atoms with Crippen LogP contribution in [-0.4, -0.2) is 62.4 Å². The molecule has 9 nitrogen and oxygen atoms in total. The van der Waals surface area contributed by atoms with E-state index in [0.717, 1.165) is 44.5 Å². The molecule has 28 heavy (non-hydrogen) atoms. The van der Waals surface area contributed by atoms with E-state index < -0.39 is 0 Å². The Labute approximate surface area is 166 Å². The summed E-state index contributed by atoms with van der Waals surface area (Å²) in [5, 5.41) is 0.356. The summed E-state index contributed by atoms with van der Waals surface area (Å²) >= 11 is 6.44. The Bertz CT molecular complexity index is 966. The number of fused-ring (bicyclic) bond motifs is 1. The highest BCUT2D eigenvalue weighted by Crippen LogP contribution is 2.32. The van der Waals surface area contributed by atoms with Gasteiger partial charge in [0, 0.05) is 37.7 Å². The second-order valence-corrected chi connectivity index (χ2v) is 7.18. The normalized spacial score (nSPS) is 20.6. The van der Waals surface area contributed by atoms with Crippen molar-refractivity contribution in [3.63, 3.8) is 0 Å². The predicted octanol–water partition coefficient (Wildman–Crippen LogP) is 2.47. The lowest BCUT2D eigenvalue weighted by molar-refractivity contribution is -0.0296. The van der Waals surface area contributed by atoms with Gasteiger partial charge in [-0.05, 0) is 30.9 Å². The highest BCUT2D eigenvalue weighted by atomic mass is 35.5. The van der Waals surface area contributed by atoms with Crippen molar-refractivity contribution in [3.8, 4) is 11.3 Å². The lowest BCUT2D eigenvalue weighted by atomic mass is 10.2. The Balaban J connectivity index is 1.50. The molecule has 0 amide bonds. The first-order valence-corrected chi connectivity index (χ1v) is 9.84. The molecule has 2 saturated heterocycles. The zero-order chi connectivity index (χ0) is 18.9. The van der Waals surface area contributed by atoms with E-state index in [9.17, 15) is 0 Å². The van der Waals surface area contributed by atoms with Crippen molar-refractivity contribution in [1.82, 2.24) is 29.5 Å². The van der Waals surface area contributed by atoms with Crippen LogP contribution in [0.15, 0.2) is 18.7 Å². The fourth-order valence-electron chi connectivity index (χ4n) is 3.65. The van der Waals surface area contributed by atoms with Crippen LogP contribution in [0.1, 0.15) is 25.5 Å². The van der Waals surface area contributed by atoms with Crippen molar-refractivity contribution in [3.05, 3.63) is 24.0 Å². The van der Waals surface area contributed by atoms with Crippen LogP contribution in [0, 0.1) is 0 Å². The number of hydrogen-bond donors (Lipinski definition) is 0. The molecule has 0 aliphatic carbocycles. The molecule has 10 heteroatoms. The molecule has 2 fully saturated rings. The summed E-state index contributed by atoms with van der Waals surface area (Å²) in [5.41, 5.74) is 2.73. The summed E-state index contributed by atoms with van der Waals surface area (Å²) in [7, 11) is 0. The van der Waals surface area contributed by atoms with Crippen molar-refractivity contribution in [2.75, 3.05) is 37.8 Å². The number of halogens is 1. The van der Waals surface area contributed by atoms with Gasteiger partial charge in [0.2, 0.25) is 11.2 Å². The van der Waals surface area contributed by atoms with Gasteiger partial charge in [0.25, 0.3) is 0 Å². The maximum Gasteiger partial charge on any atom is 0.225 e. The number of rotatable bonds is 3. The summed E-state index contributed by atoms with van der Waals surface area (Å²) in [6.07, 6.45) is 7.96. The molecule has 0 N–H and O–H groups in total. The van der Waals surface area contributed by atoms with Gasteiger partial charge in [-0.2, -0.15) is 0 Å². The van der Waals surface area contributed by atoms with Crippen LogP contribution in [0.3, 0.4) is 0 Å². The zero-order valence-corrected chi connectivity index (χ0v) is 16.0. The quantitative estimate of drug-likeness (QED) is 0.618. The summed E-state index contributed by atoms with van der Waals surface area (Å²) in [6.45, 7) is 3.68. The summed E-state index contributed by atoms with van der Waals surface area (Å²) in [4.78, 5) is 24.5. The maximum absolute atomic E-state index is 6.44. The van der Waals surface area contributed by atoms with Crippen LogP contribution in [0.2, 0.25) is 5.28 Å². The van der Waals surface area contributed by atoms with E-state index in [1.807, 2.05) is 4.57 Å². The van der Waals surface area contributed by atoms with Crippen LogP contribution in [-0.2, 0) is 9.47 Å². The van der Waals surface area contributed by atoms with Crippen LogP contribution >= 0.6 is 11.6 Å². The fraction of sp³-hybridized carbons (Fsp3) is 0.500. The van der Waals surface area contributed by atoms with E-state index in [2.05, 4.69) is 29.8 Å². The molecule has 3 aromatic rings. The lowest BCUT2D eigenvalue weighted by Crippen LogP contribution is -2.37. The molecule has 0 aromatic carbocycles. The fourth-order valence-corrected chi connectivity index (χ4v) is 3.92. The smallest absolute Gasteiger partial charge is 0.225 e.